The number of aromatic amines is 1. The normalized spacial score (nSPS) is 11.1. The first kappa shape index (κ1) is 9.33. The van der Waals surface area contributed by atoms with E-state index in [1.807, 2.05) is 20.0 Å². The van der Waals surface area contributed by atoms with E-state index in [1.165, 1.54) is 0 Å². The molecule has 0 saturated carbocycles. The van der Waals surface area contributed by atoms with Gasteiger partial charge in [-0.3, -0.25) is 9.48 Å². The highest BCUT2D eigenvalue weighted by atomic mass is 32.1. The van der Waals surface area contributed by atoms with Gasteiger partial charge in [0.15, 0.2) is 0 Å². The second-order valence-corrected chi connectivity index (χ2v) is 3.57. The van der Waals surface area contributed by atoms with Crippen molar-refractivity contribution >= 4 is 23.7 Å². The summed E-state index contributed by atoms with van der Waals surface area (Å²) in [5, 5.41) is 5.21. The first-order valence-electron chi connectivity index (χ1n) is 4.30. The highest BCUT2D eigenvalue weighted by molar-refractivity contribution is 7.79. The summed E-state index contributed by atoms with van der Waals surface area (Å²) >= 11 is 4.10. The summed E-state index contributed by atoms with van der Waals surface area (Å²) in [7, 11) is 1.81. The van der Waals surface area contributed by atoms with E-state index in [9.17, 15) is 4.79 Å². The molecule has 4 nitrogen and oxygen atoms in total. The minimum Gasteiger partial charge on any atom is -0.307 e. The van der Waals surface area contributed by atoms with Crippen LogP contribution in [0.15, 0.2) is 10.9 Å². The highest BCUT2D eigenvalue weighted by Crippen LogP contribution is 2.14. The Morgan fingerprint density at radius 1 is 1.64 bits per heavy atom. The van der Waals surface area contributed by atoms with Crippen molar-refractivity contribution in [2.24, 2.45) is 7.05 Å². The van der Waals surface area contributed by atoms with Gasteiger partial charge in [-0.2, -0.15) is 17.7 Å². The fraction of sp³-hybridized carbons (Fsp3) is 0.333. The van der Waals surface area contributed by atoms with Gasteiger partial charge in [0.25, 0.3) is 5.56 Å². The van der Waals surface area contributed by atoms with Crippen LogP contribution in [0.5, 0.6) is 0 Å². The zero-order chi connectivity index (χ0) is 10.3. The van der Waals surface area contributed by atoms with Gasteiger partial charge < -0.3 is 4.98 Å². The summed E-state index contributed by atoms with van der Waals surface area (Å²) in [6.45, 7) is 1.92. The zero-order valence-corrected chi connectivity index (χ0v) is 8.93. The molecule has 74 valence electrons. The topological polar surface area (TPSA) is 50.7 Å². The number of nitrogens with zero attached hydrogens (tertiary/aromatic N) is 2. The maximum atomic E-state index is 11.5. The van der Waals surface area contributed by atoms with Crippen molar-refractivity contribution in [1.29, 1.82) is 0 Å². The second kappa shape index (κ2) is 3.16. The SMILES string of the molecule is Cc1nn(C)c2[nH]c(=O)c(CS)cc12. The number of rotatable bonds is 1. The Balaban J connectivity index is 2.89. The van der Waals surface area contributed by atoms with Crippen molar-refractivity contribution in [3.63, 3.8) is 0 Å². The van der Waals surface area contributed by atoms with Gasteiger partial charge in [-0.05, 0) is 13.0 Å². The van der Waals surface area contributed by atoms with Crippen LogP contribution < -0.4 is 5.56 Å². The molecule has 0 fully saturated rings. The first-order chi connectivity index (χ1) is 6.63. The molecular formula is C9H11N3OS. The molecule has 0 aliphatic heterocycles. The molecule has 0 spiro atoms. The lowest BCUT2D eigenvalue weighted by Crippen LogP contribution is -2.11. The van der Waals surface area contributed by atoms with E-state index in [0.29, 0.717) is 11.3 Å². The average Bonchev–Trinajstić information content (AvgIpc) is 2.41. The van der Waals surface area contributed by atoms with Crippen LogP contribution in [0.4, 0.5) is 0 Å². The molecule has 0 amide bonds. The minimum absolute atomic E-state index is 0.0875. The number of nitrogens with one attached hydrogen (secondary N) is 1. The monoisotopic (exact) mass is 209 g/mol. The van der Waals surface area contributed by atoms with Crippen molar-refractivity contribution in [3.05, 3.63) is 27.7 Å². The van der Waals surface area contributed by atoms with E-state index < -0.39 is 0 Å². The molecule has 5 heteroatoms. The second-order valence-electron chi connectivity index (χ2n) is 3.25. The third kappa shape index (κ3) is 1.24. The van der Waals surface area contributed by atoms with E-state index >= 15 is 0 Å². The fourth-order valence-electron chi connectivity index (χ4n) is 1.54. The van der Waals surface area contributed by atoms with Crippen LogP contribution in [0.2, 0.25) is 0 Å². The summed E-state index contributed by atoms with van der Waals surface area (Å²) < 4.78 is 1.67. The fourth-order valence-corrected chi connectivity index (χ4v) is 1.78. The molecule has 2 aromatic heterocycles. The Hall–Kier alpha value is -1.23. The van der Waals surface area contributed by atoms with Gasteiger partial charge in [0, 0.05) is 23.8 Å². The summed E-state index contributed by atoms with van der Waals surface area (Å²) in [6, 6.07) is 1.85. The Morgan fingerprint density at radius 3 is 3.00 bits per heavy atom. The number of hydrogen-bond acceptors (Lipinski definition) is 3. The van der Waals surface area contributed by atoms with Gasteiger partial charge in [0.2, 0.25) is 0 Å². The highest BCUT2D eigenvalue weighted by Gasteiger charge is 2.07. The molecular weight excluding hydrogens is 198 g/mol. The summed E-state index contributed by atoms with van der Waals surface area (Å²) in [4.78, 5) is 14.3. The molecule has 0 unspecified atom stereocenters. The standard InChI is InChI=1S/C9H11N3OS/c1-5-7-3-6(4-14)9(13)10-8(7)12(2)11-5/h3,14H,4H2,1-2H3,(H,10,13). The van der Waals surface area contributed by atoms with Crippen LogP contribution >= 0.6 is 12.6 Å². The molecule has 2 heterocycles. The molecule has 2 rings (SSSR count). The lowest BCUT2D eigenvalue weighted by Gasteiger charge is -1.97. The maximum absolute atomic E-state index is 11.5. The molecule has 14 heavy (non-hydrogen) atoms. The molecule has 0 bridgehead atoms. The van der Waals surface area contributed by atoms with E-state index in [4.69, 9.17) is 0 Å². The average molecular weight is 209 g/mol. The predicted molar refractivity (Wildman–Crippen MR) is 58.8 cm³/mol. The van der Waals surface area contributed by atoms with Crippen molar-refractivity contribution in [2.45, 2.75) is 12.7 Å². The van der Waals surface area contributed by atoms with Crippen molar-refractivity contribution in [3.8, 4) is 0 Å². The molecule has 2 aromatic rings. The number of hydrogen-bond donors (Lipinski definition) is 2. The van der Waals surface area contributed by atoms with Gasteiger partial charge in [-0.15, -0.1) is 0 Å². The number of aromatic nitrogens is 3. The first-order valence-corrected chi connectivity index (χ1v) is 4.93. The van der Waals surface area contributed by atoms with Crippen molar-refractivity contribution in [1.82, 2.24) is 14.8 Å². The summed E-state index contributed by atoms with van der Waals surface area (Å²) in [5.41, 5.74) is 2.27. The molecule has 0 aromatic carbocycles. The van der Waals surface area contributed by atoms with Crippen LogP contribution in [0.1, 0.15) is 11.3 Å². The third-order valence-corrected chi connectivity index (χ3v) is 2.62. The molecule has 0 aliphatic carbocycles. The van der Waals surface area contributed by atoms with E-state index in [-0.39, 0.29) is 5.56 Å². The third-order valence-electron chi connectivity index (χ3n) is 2.28. The maximum Gasteiger partial charge on any atom is 0.253 e. The Kier molecular flexibility index (Phi) is 2.11. The van der Waals surface area contributed by atoms with Crippen LogP contribution in [0, 0.1) is 6.92 Å². The Labute approximate surface area is 86.4 Å². The minimum atomic E-state index is -0.0875. The predicted octanol–water partition coefficient (Wildman–Crippen LogP) is 1.000. The molecule has 0 radical (unpaired) electrons. The van der Waals surface area contributed by atoms with Gasteiger partial charge >= 0.3 is 0 Å². The lowest BCUT2D eigenvalue weighted by molar-refractivity contribution is 0.772. The van der Waals surface area contributed by atoms with Gasteiger partial charge in [-0.25, -0.2) is 0 Å². The van der Waals surface area contributed by atoms with Gasteiger partial charge in [-0.1, -0.05) is 0 Å². The Morgan fingerprint density at radius 2 is 2.36 bits per heavy atom. The molecule has 0 atom stereocenters. The van der Waals surface area contributed by atoms with E-state index in [2.05, 4.69) is 22.7 Å². The van der Waals surface area contributed by atoms with Crippen LogP contribution in [0.25, 0.3) is 11.0 Å². The molecule has 1 N–H and O–H groups in total. The van der Waals surface area contributed by atoms with Crippen LogP contribution in [0.3, 0.4) is 0 Å². The largest absolute Gasteiger partial charge is 0.307 e. The smallest absolute Gasteiger partial charge is 0.253 e. The molecule has 0 saturated heterocycles. The number of pyridine rings is 1. The zero-order valence-electron chi connectivity index (χ0n) is 8.03. The molecule has 0 aliphatic rings. The van der Waals surface area contributed by atoms with Gasteiger partial charge in [0.1, 0.15) is 5.65 Å². The van der Waals surface area contributed by atoms with Crippen LogP contribution in [-0.4, -0.2) is 14.8 Å². The van der Waals surface area contributed by atoms with Gasteiger partial charge in [0.05, 0.1) is 5.69 Å². The van der Waals surface area contributed by atoms with Crippen molar-refractivity contribution < 1.29 is 0 Å². The summed E-state index contributed by atoms with van der Waals surface area (Å²) in [5.74, 6) is 0.444. The quantitative estimate of drug-likeness (QED) is 0.688. The number of fused-ring (bicyclic) bond motifs is 1. The van der Waals surface area contributed by atoms with Crippen molar-refractivity contribution in [2.75, 3.05) is 0 Å². The number of H-pyrrole nitrogens is 1. The van der Waals surface area contributed by atoms with E-state index in [1.54, 1.807) is 4.68 Å². The van der Waals surface area contributed by atoms with Crippen LogP contribution in [-0.2, 0) is 12.8 Å². The number of aryl methyl sites for hydroxylation is 2. The number of thiol groups is 1. The summed E-state index contributed by atoms with van der Waals surface area (Å²) in [6.07, 6.45) is 0. The van der Waals surface area contributed by atoms with E-state index in [0.717, 1.165) is 16.7 Å². The lowest BCUT2D eigenvalue weighted by atomic mass is 10.2. The Bertz CT molecular complexity index is 541.